The molecule has 150 valence electrons. The molecule has 1 atom stereocenters. The van der Waals surface area contributed by atoms with Crippen LogP contribution in [0.4, 0.5) is 23.2 Å². The minimum absolute atomic E-state index is 0.0258. The molecule has 0 aromatic heterocycles. The van der Waals surface area contributed by atoms with E-state index in [1.807, 2.05) is 0 Å². The molecule has 1 amide bonds. The van der Waals surface area contributed by atoms with Crippen LogP contribution >= 0.6 is 0 Å². The number of rotatable bonds is 7. The topological polar surface area (TPSA) is 58.6 Å². The Kier molecular flexibility index (Phi) is 7.11. The molecule has 9 heteroatoms. The fourth-order valence-electron chi connectivity index (χ4n) is 2.57. The number of hydrogen-bond donors (Lipinski definition) is 1. The zero-order valence-corrected chi connectivity index (χ0v) is 15.1. The Morgan fingerprint density at radius 1 is 1.00 bits per heavy atom. The molecule has 2 rings (SSSR count). The molecule has 0 heterocycles. The maximum atomic E-state index is 13.6. The van der Waals surface area contributed by atoms with Gasteiger partial charge in [-0.1, -0.05) is 6.07 Å². The molecular formula is C19H18F4N2O3. The van der Waals surface area contributed by atoms with Crippen molar-refractivity contribution in [2.45, 2.75) is 13.0 Å². The molecule has 0 spiro atoms. The average molecular weight is 398 g/mol. The van der Waals surface area contributed by atoms with Crippen LogP contribution < -0.4 is 5.32 Å². The highest BCUT2D eigenvalue weighted by atomic mass is 19.2. The number of carbonyl (C=O) groups is 2. The van der Waals surface area contributed by atoms with Crippen molar-refractivity contribution in [3.63, 3.8) is 0 Å². The van der Waals surface area contributed by atoms with E-state index < -0.39 is 41.2 Å². The standard InChI is InChI=1S/C19H18F4N2O3/c1-3-28-19(27)18(11-4-6-13(20)15(22)8-11)25(2)10-17(26)24-12-5-7-14(21)16(23)9-12/h4-9,18H,3,10H2,1-2H3,(H,24,26)/t18-/m0/s1. The van der Waals surface area contributed by atoms with Crippen LogP contribution in [0.25, 0.3) is 0 Å². The van der Waals surface area contributed by atoms with Crippen molar-refractivity contribution in [3.8, 4) is 0 Å². The van der Waals surface area contributed by atoms with E-state index in [0.717, 1.165) is 24.3 Å². The number of halogens is 4. The lowest BCUT2D eigenvalue weighted by atomic mass is 10.1. The van der Waals surface area contributed by atoms with Crippen molar-refractivity contribution in [2.75, 3.05) is 25.5 Å². The van der Waals surface area contributed by atoms with Crippen LogP contribution in [0.2, 0.25) is 0 Å². The van der Waals surface area contributed by atoms with Gasteiger partial charge in [0.05, 0.1) is 13.2 Å². The smallest absolute Gasteiger partial charge is 0.328 e. The van der Waals surface area contributed by atoms with Crippen LogP contribution in [0, 0.1) is 23.3 Å². The van der Waals surface area contributed by atoms with Gasteiger partial charge in [0.15, 0.2) is 23.3 Å². The Hall–Kier alpha value is -2.94. The molecule has 0 radical (unpaired) electrons. The second kappa shape index (κ2) is 9.32. The largest absolute Gasteiger partial charge is 0.465 e. The number of ether oxygens (including phenoxy) is 1. The van der Waals surface area contributed by atoms with Gasteiger partial charge in [0.25, 0.3) is 0 Å². The quantitative estimate of drug-likeness (QED) is 0.574. The normalized spacial score (nSPS) is 12.0. The monoisotopic (exact) mass is 398 g/mol. The minimum atomic E-state index is -1.18. The molecule has 0 aliphatic heterocycles. The first-order valence-electron chi connectivity index (χ1n) is 8.29. The number of benzene rings is 2. The second-order valence-electron chi connectivity index (χ2n) is 5.92. The number of esters is 1. The first-order valence-corrected chi connectivity index (χ1v) is 8.29. The van der Waals surface area contributed by atoms with Crippen LogP contribution in [-0.2, 0) is 14.3 Å². The summed E-state index contributed by atoms with van der Waals surface area (Å²) in [6, 6.07) is 4.60. The zero-order chi connectivity index (χ0) is 20.8. The maximum absolute atomic E-state index is 13.6. The Morgan fingerprint density at radius 3 is 2.18 bits per heavy atom. The van der Waals surface area contributed by atoms with E-state index in [1.54, 1.807) is 6.92 Å². The molecule has 5 nitrogen and oxygen atoms in total. The van der Waals surface area contributed by atoms with Crippen LogP contribution in [-0.4, -0.2) is 37.0 Å². The number of hydrogen-bond acceptors (Lipinski definition) is 4. The van der Waals surface area contributed by atoms with Gasteiger partial charge >= 0.3 is 5.97 Å². The third-order valence-corrected chi connectivity index (χ3v) is 3.81. The third kappa shape index (κ3) is 5.29. The van der Waals surface area contributed by atoms with Gasteiger partial charge in [-0.3, -0.25) is 9.69 Å². The molecular weight excluding hydrogens is 380 g/mol. The highest BCUT2D eigenvalue weighted by Gasteiger charge is 2.29. The Morgan fingerprint density at radius 2 is 1.61 bits per heavy atom. The van der Waals surface area contributed by atoms with E-state index in [1.165, 1.54) is 24.1 Å². The Balaban J connectivity index is 2.17. The van der Waals surface area contributed by atoms with Crippen molar-refractivity contribution in [3.05, 3.63) is 65.2 Å². The lowest BCUT2D eigenvalue weighted by Crippen LogP contribution is -2.38. The lowest BCUT2D eigenvalue weighted by molar-refractivity contribution is -0.149. The highest BCUT2D eigenvalue weighted by Crippen LogP contribution is 2.23. The first-order chi connectivity index (χ1) is 13.2. The van der Waals surface area contributed by atoms with E-state index in [0.29, 0.717) is 0 Å². The molecule has 0 unspecified atom stereocenters. The van der Waals surface area contributed by atoms with Gasteiger partial charge in [-0.15, -0.1) is 0 Å². The van der Waals surface area contributed by atoms with Crippen LogP contribution in [0.3, 0.4) is 0 Å². The molecule has 1 N–H and O–H groups in total. The Labute approximate surface area is 158 Å². The molecule has 0 saturated heterocycles. The summed E-state index contributed by atoms with van der Waals surface area (Å²) in [5.74, 6) is -5.80. The van der Waals surface area contributed by atoms with Crippen molar-refractivity contribution in [1.29, 1.82) is 0 Å². The van der Waals surface area contributed by atoms with Crippen LogP contribution in [0.15, 0.2) is 36.4 Å². The van der Waals surface area contributed by atoms with Gasteiger partial charge in [-0.25, -0.2) is 22.4 Å². The average Bonchev–Trinajstić information content (AvgIpc) is 2.61. The zero-order valence-electron chi connectivity index (χ0n) is 15.1. The van der Waals surface area contributed by atoms with E-state index in [2.05, 4.69) is 5.32 Å². The summed E-state index contributed by atoms with van der Waals surface area (Å²) in [7, 11) is 1.41. The minimum Gasteiger partial charge on any atom is -0.465 e. The van der Waals surface area contributed by atoms with Crippen molar-refractivity contribution < 1.29 is 31.9 Å². The third-order valence-electron chi connectivity index (χ3n) is 3.81. The van der Waals surface area contributed by atoms with Gasteiger partial charge in [0.1, 0.15) is 6.04 Å². The van der Waals surface area contributed by atoms with Gasteiger partial charge in [-0.05, 0) is 43.8 Å². The predicted octanol–water partition coefficient (Wildman–Crippen LogP) is 3.42. The molecule has 0 aliphatic rings. The number of nitrogens with one attached hydrogen (secondary N) is 1. The summed E-state index contributed by atoms with van der Waals surface area (Å²) in [5, 5.41) is 2.37. The van der Waals surface area contributed by atoms with Gasteiger partial charge in [0.2, 0.25) is 5.91 Å². The highest BCUT2D eigenvalue weighted by molar-refractivity contribution is 5.92. The summed E-state index contributed by atoms with van der Waals surface area (Å²) >= 11 is 0. The summed E-state index contributed by atoms with van der Waals surface area (Å²) in [5.41, 5.74) is 0.123. The summed E-state index contributed by atoms with van der Waals surface area (Å²) < 4.78 is 57.9. The fourth-order valence-corrected chi connectivity index (χ4v) is 2.57. The van der Waals surface area contributed by atoms with E-state index in [9.17, 15) is 27.2 Å². The van der Waals surface area contributed by atoms with E-state index >= 15 is 0 Å². The number of nitrogens with zero attached hydrogens (tertiary/aromatic N) is 1. The van der Waals surface area contributed by atoms with E-state index in [4.69, 9.17) is 4.74 Å². The molecule has 2 aromatic rings. The second-order valence-corrected chi connectivity index (χ2v) is 5.92. The van der Waals surface area contributed by atoms with Gasteiger partial charge < -0.3 is 10.1 Å². The van der Waals surface area contributed by atoms with Crippen LogP contribution in [0.5, 0.6) is 0 Å². The SMILES string of the molecule is CCOC(=O)[C@H](c1ccc(F)c(F)c1)N(C)CC(=O)Nc1ccc(F)c(F)c1. The first kappa shape index (κ1) is 21.4. The van der Waals surface area contributed by atoms with Crippen molar-refractivity contribution in [1.82, 2.24) is 4.90 Å². The molecule has 28 heavy (non-hydrogen) atoms. The predicted molar refractivity (Wildman–Crippen MR) is 93.3 cm³/mol. The van der Waals surface area contributed by atoms with Gasteiger partial charge in [-0.2, -0.15) is 0 Å². The molecule has 2 aromatic carbocycles. The van der Waals surface area contributed by atoms with Crippen molar-refractivity contribution >= 4 is 17.6 Å². The maximum Gasteiger partial charge on any atom is 0.328 e. The van der Waals surface area contributed by atoms with Gasteiger partial charge in [0, 0.05) is 11.8 Å². The Bertz CT molecular complexity index is 876. The number of amides is 1. The number of anilines is 1. The molecule has 0 aliphatic carbocycles. The number of carbonyl (C=O) groups excluding carboxylic acids is 2. The molecule has 0 fully saturated rings. The van der Waals surface area contributed by atoms with Crippen molar-refractivity contribution in [2.24, 2.45) is 0 Å². The fraction of sp³-hybridized carbons (Fsp3) is 0.263. The molecule has 0 bridgehead atoms. The summed E-state index contributed by atoms with van der Waals surface area (Å²) in [6.45, 7) is 1.27. The molecule has 0 saturated carbocycles. The lowest BCUT2D eigenvalue weighted by Gasteiger charge is -2.26. The summed E-state index contributed by atoms with van der Waals surface area (Å²) in [6.07, 6.45) is 0. The number of likely N-dealkylation sites (N-methyl/N-ethyl adjacent to an activating group) is 1. The van der Waals surface area contributed by atoms with E-state index in [-0.39, 0.29) is 24.4 Å². The van der Waals surface area contributed by atoms with Crippen LogP contribution in [0.1, 0.15) is 18.5 Å². The summed E-state index contributed by atoms with van der Waals surface area (Å²) in [4.78, 5) is 25.8.